The zero-order valence-electron chi connectivity index (χ0n) is 9.40. The number of hydrogen-bond acceptors (Lipinski definition) is 3. The maximum absolute atomic E-state index is 11.4. The highest BCUT2D eigenvalue weighted by atomic mass is 35.5. The second-order valence-electron chi connectivity index (χ2n) is 3.46. The van der Waals surface area contributed by atoms with Crippen molar-refractivity contribution in [3.63, 3.8) is 0 Å². The van der Waals surface area contributed by atoms with Gasteiger partial charge in [-0.25, -0.2) is 4.79 Å². The third kappa shape index (κ3) is 3.64. The van der Waals surface area contributed by atoms with Crippen LogP contribution in [0, 0.1) is 11.3 Å². The van der Waals surface area contributed by atoms with E-state index in [0.717, 1.165) is 0 Å². The number of carboxylic acid groups (broad SMARTS) is 1. The molecule has 0 saturated carbocycles. The van der Waals surface area contributed by atoms with E-state index in [9.17, 15) is 9.59 Å². The van der Waals surface area contributed by atoms with E-state index in [2.05, 4.69) is 10.6 Å². The Hall–Kier alpha value is -2.26. The summed E-state index contributed by atoms with van der Waals surface area (Å²) in [5.74, 6) is -1.14. The number of carbonyl (C=O) groups excluding carboxylic acids is 1. The Morgan fingerprint density at radius 2 is 2.17 bits per heavy atom. The van der Waals surface area contributed by atoms with E-state index in [0.29, 0.717) is 11.3 Å². The van der Waals surface area contributed by atoms with Crippen molar-refractivity contribution in [2.24, 2.45) is 0 Å². The van der Waals surface area contributed by atoms with Gasteiger partial charge in [0.15, 0.2) is 0 Å². The number of carboxylic acids is 1. The normalized spacial score (nSPS) is 11.2. The van der Waals surface area contributed by atoms with Crippen LogP contribution in [0.5, 0.6) is 0 Å². The Morgan fingerprint density at radius 1 is 1.50 bits per heavy atom. The second kappa shape index (κ2) is 5.89. The topological polar surface area (TPSA) is 102 Å². The van der Waals surface area contributed by atoms with Crippen LogP contribution in [0.3, 0.4) is 0 Å². The van der Waals surface area contributed by atoms with Crippen molar-refractivity contribution in [2.45, 2.75) is 13.0 Å². The minimum Gasteiger partial charge on any atom is -0.480 e. The molecule has 0 aromatic heterocycles. The molecule has 2 amide bonds. The molecule has 0 fully saturated rings. The molecule has 1 rings (SSSR count). The van der Waals surface area contributed by atoms with Gasteiger partial charge in [0.05, 0.1) is 22.3 Å². The summed E-state index contributed by atoms with van der Waals surface area (Å²) in [6, 6.07) is 4.56. The van der Waals surface area contributed by atoms with Crippen molar-refractivity contribution in [2.75, 3.05) is 5.32 Å². The highest BCUT2D eigenvalue weighted by Crippen LogP contribution is 2.22. The van der Waals surface area contributed by atoms with Gasteiger partial charge in [0.2, 0.25) is 0 Å². The van der Waals surface area contributed by atoms with Crippen molar-refractivity contribution >= 4 is 29.3 Å². The van der Waals surface area contributed by atoms with Crippen molar-refractivity contribution in [1.29, 1.82) is 5.26 Å². The van der Waals surface area contributed by atoms with Crippen LogP contribution in [-0.4, -0.2) is 23.1 Å². The molecule has 18 heavy (non-hydrogen) atoms. The van der Waals surface area contributed by atoms with Crippen LogP contribution in [0.4, 0.5) is 10.5 Å². The second-order valence-corrected chi connectivity index (χ2v) is 3.87. The number of amides is 2. The number of hydrogen-bond donors (Lipinski definition) is 3. The smallest absolute Gasteiger partial charge is 0.325 e. The van der Waals surface area contributed by atoms with Crippen LogP contribution in [0.2, 0.25) is 5.02 Å². The summed E-state index contributed by atoms with van der Waals surface area (Å²) in [6.45, 7) is 1.34. The summed E-state index contributed by atoms with van der Waals surface area (Å²) in [5.41, 5.74) is 0.663. The molecule has 0 saturated heterocycles. The number of nitriles is 1. The Labute approximate surface area is 108 Å². The zero-order chi connectivity index (χ0) is 13.7. The number of rotatable bonds is 3. The molecular formula is C11H10ClN3O3. The largest absolute Gasteiger partial charge is 0.480 e. The maximum Gasteiger partial charge on any atom is 0.325 e. The van der Waals surface area contributed by atoms with Crippen LogP contribution in [0.25, 0.3) is 0 Å². The monoisotopic (exact) mass is 267 g/mol. The number of urea groups is 1. The molecule has 0 aliphatic carbocycles. The van der Waals surface area contributed by atoms with Gasteiger partial charge >= 0.3 is 12.0 Å². The number of carbonyl (C=O) groups is 2. The van der Waals surface area contributed by atoms with Crippen LogP contribution < -0.4 is 10.6 Å². The highest BCUT2D eigenvalue weighted by Gasteiger charge is 2.14. The lowest BCUT2D eigenvalue weighted by Gasteiger charge is -2.11. The summed E-state index contributed by atoms with van der Waals surface area (Å²) in [6.07, 6.45) is 0. The van der Waals surface area contributed by atoms with Crippen LogP contribution >= 0.6 is 11.6 Å². The minimum absolute atomic E-state index is 0.201. The van der Waals surface area contributed by atoms with E-state index in [-0.39, 0.29) is 5.02 Å². The standard InChI is InChI=1S/C11H10ClN3O3/c1-6(10(16)17)14-11(18)15-9-3-2-7(5-13)4-8(9)12/h2-4,6H,1H3,(H,16,17)(H2,14,15,18)/t6-/m0/s1. The summed E-state index contributed by atoms with van der Waals surface area (Å²) in [7, 11) is 0. The summed E-state index contributed by atoms with van der Waals surface area (Å²) >= 11 is 5.84. The van der Waals surface area contributed by atoms with E-state index < -0.39 is 18.0 Å². The molecular weight excluding hydrogens is 258 g/mol. The first-order valence-electron chi connectivity index (χ1n) is 4.94. The number of anilines is 1. The Kier molecular flexibility index (Phi) is 4.52. The Bertz CT molecular complexity index is 525. The molecule has 0 spiro atoms. The minimum atomic E-state index is -1.14. The van der Waals surface area contributed by atoms with Crippen molar-refractivity contribution < 1.29 is 14.7 Å². The van der Waals surface area contributed by atoms with Gasteiger partial charge < -0.3 is 15.7 Å². The molecule has 0 aliphatic rings. The van der Waals surface area contributed by atoms with E-state index in [1.54, 1.807) is 0 Å². The molecule has 94 valence electrons. The average molecular weight is 268 g/mol. The lowest BCUT2D eigenvalue weighted by atomic mass is 10.2. The van der Waals surface area contributed by atoms with E-state index in [1.807, 2.05) is 6.07 Å². The first kappa shape index (κ1) is 13.8. The Morgan fingerprint density at radius 3 is 2.67 bits per heavy atom. The fourth-order valence-electron chi connectivity index (χ4n) is 1.10. The van der Waals surface area contributed by atoms with Crippen molar-refractivity contribution in [1.82, 2.24) is 5.32 Å². The van der Waals surface area contributed by atoms with E-state index in [1.165, 1.54) is 25.1 Å². The van der Waals surface area contributed by atoms with Gasteiger partial charge in [-0.1, -0.05) is 11.6 Å². The van der Waals surface area contributed by atoms with Gasteiger partial charge in [-0.2, -0.15) is 5.26 Å². The molecule has 7 heteroatoms. The van der Waals surface area contributed by atoms with Gasteiger partial charge in [0.1, 0.15) is 6.04 Å². The summed E-state index contributed by atoms with van der Waals surface area (Å²) in [5, 5.41) is 22.1. The number of benzene rings is 1. The summed E-state index contributed by atoms with van der Waals surface area (Å²) in [4.78, 5) is 22.0. The highest BCUT2D eigenvalue weighted by molar-refractivity contribution is 6.33. The first-order valence-corrected chi connectivity index (χ1v) is 5.32. The molecule has 1 aromatic carbocycles. The van der Waals surface area contributed by atoms with E-state index >= 15 is 0 Å². The SMILES string of the molecule is C[C@H](NC(=O)Nc1ccc(C#N)cc1Cl)C(=O)O. The molecule has 0 aliphatic heterocycles. The predicted octanol–water partition coefficient (Wildman–Crippen LogP) is 1.81. The molecule has 0 radical (unpaired) electrons. The van der Waals surface area contributed by atoms with Gasteiger partial charge in [-0.3, -0.25) is 4.79 Å². The first-order chi connectivity index (χ1) is 8.43. The molecule has 0 heterocycles. The summed E-state index contributed by atoms with van der Waals surface area (Å²) < 4.78 is 0. The number of halogens is 1. The molecule has 6 nitrogen and oxygen atoms in total. The quantitative estimate of drug-likeness (QED) is 0.777. The fourth-order valence-corrected chi connectivity index (χ4v) is 1.33. The van der Waals surface area contributed by atoms with Crippen LogP contribution in [-0.2, 0) is 4.79 Å². The van der Waals surface area contributed by atoms with Gasteiger partial charge in [0, 0.05) is 0 Å². The molecule has 0 unspecified atom stereocenters. The molecule has 0 bridgehead atoms. The van der Waals surface area contributed by atoms with Gasteiger partial charge in [-0.05, 0) is 25.1 Å². The van der Waals surface area contributed by atoms with Crippen LogP contribution in [0.15, 0.2) is 18.2 Å². The average Bonchev–Trinajstić information content (AvgIpc) is 2.31. The lowest BCUT2D eigenvalue weighted by molar-refractivity contribution is -0.138. The maximum atomic E-state index is 11.4. The van der Waals surface area contributed by atoms with Gasteiger partial charge in [0.25, 0.3) is 0 Å². The Balaban J connectivity index is 2.71. The van der Waals surface area contributed by atoms with Gasteiger partial charge in [-0.15, -0.1) is 0 Å². The third-order valence-corrected chi connectivity index (χ3v) is 2.38. The number of nitrogens with zero attached hydrogens (tertiary/aromatic N) is 1. The molecule has 1 aromatic rings. The fraction of sp³-hybridized carbons (Fsp3) is 0.182. The molecule has 3 N–H and O–H groups in total. The van der Waals surface area contributed by atoms with Crippen molar-refractivity contribution in [3.8, 4) is 6.07 Å². The number of aliphatic carboxylic acids is 1. The zero-order valence-corrected chi connectivity index (χ0v) is 10.2. The third-order valence-electron chi connectivity index (χ3n) is 2.06. The lowest BCUT2D eigenvalue weighted by Crippen LogP contribution is -2.40. The molecule has 1 atom stereocenters. The predicted molar refractivity (Wildman–Crippen MR) is 65.4 cm³/mol. The van der Waals surface area contributed by atoms with Crippen molar-refractivity contribution in [3.05, 3.63) is 28.8 Å². The number of nitrogens with one attached hydrogen (secondary N) is 2. The van der Waals surface area contributed by atoms with E-state index in [4.69, 9.17) is 22.0 Å². The van der Waals surface area contributed by atoms with Crippen LogP contribution in [0.1, 0.15) is 12.5 Å².